The Balaban J connectivity index is 2.85. The fraction of sp³-hybridized carbons (Fsp3) is 0.615. The summed E-state index contributed by atoms with van der Waals surface area (Å²) in [7, 11) is 1.49. The molecule has 7 nitrogen and oxygen atoms in total. The zero-order valence-corrected chi connectivity index (χ0v) is 12.3. The van der Waals surface area contributed by atoms with Crippen molar-refractivity contribution in [1.82, 2.24) is 18.7 Å². The largest absolute Gasteiger partial charge is 0.332 e. The predicted molar refractivity (Wildman–Crippen MR) is 77.8 cm³/mol. The van der Waals surface area contributed by atoms with Gasteiger partial charge in [0.1, 0.15) is 0 Å². The third kappa shape index (κ3) is 2.18. The highest BCUT2D eigenvalue weighted by molar-refractivity contribution is 5.70. The van der Waals surface area contributed by atoms with Crippen LogP contribution >= 0.6 is 0 Å². The fourth-order valence-electron chi connectivity index (χ4n) is 2.25. The van der Waals surface area contributed by atoms with Gasteiger partial charge in [-0.1, -0.05) is 13.8 Å². The normalized spacial score (nSPS) is 13.3. The molecule has 0 bridgehead atoms. The van der Waals surface area contributed by atoms with Crippen LogP contribution in [-0.2, 0) is 13.6 Å². The molecule has 2 rings (SSSR count). The van der Waals surface area contributed by atoms with E-state index in [-0.39, 0.29) is 23.2 Å². The van der Waals surface area contributed by atoms with Crippen molar-refractivity contribution in [3.8, 4) is 0 Å². The van der Waals surface area contributed by atoms with Crippen LogP contribution in [0.5, 0.6) is 0 Å². The lowest BCUT2D eigenvalue weighted by molar-refractivity contribution is 0.499. The molecule has 2 aromatic heterocycles. The van der Waals surface area contributed by atoms with Gasteiger partial charge >= 0.3 is 5.69 Å². The molecule has 1 unspecified atom stereocenters. The molecule has 2 N–H and O–H groups in total. The Bertz CT molecular complexity index is 738. The minimum atomic E-state index is -0.332. The molecule has 7 heteroatoms. The minimum Gasteiger partial charge on any atom is -0.328 e. The number of imidazole rings is 1. The van der Waals surface area contributed by atoms with Gasteiger partial charge in [0.05, 0.1) is 6.33 Å². The highest BCUT2D eigenvalue weighted by atomic mass is 16.2. The summed E-state index contributed by atoms with van der Waals surface area (Å²) >= 11 is 0. The Kier molecular flexibility index (Phi) is 3.80. The number of fused-ring (bicyclic) bond motifs is 1. The summed E-state index contributed by atoms with van der Waals surface area (Å²) < 4.78 is 4.43. The highest BCUT2D eigenvalue weighted by Crippen LogP contribution is 2.13. The summed E-state index contributed by atoms with van der Waals surface area (Å²) in [5, 5.41) is 0. The van der Waals surface area contributed by atoms with Gasteiger partial charge < -0.3 is 10.3 Å². The van der Waals surface area contributed by atoms with Crippen LogP contribution in [0, 0.1) is 5.92 Å². The summed E-state index contributed by atoms with van der Waals surface area (Å²) in [5.74, 6) is 0.283. The van der Waals surface area contributed by atoms with E-state index in [1.165, 1.54) is 7.05 Å². The lowest BCUT2D eigenvalue weighted by Gasteiger charge is -2.14. The number of hydrogen-bond donors (Lipinski definition) is 1. The molecule has 0 aromatic carbocycles. The average Bonchev–Trinajstić information content (AvgIpc) is 2.84. The van der Waals surface area contributed by atoms with E-state index in [0.717, 1.165) is 4.57 Å². The van der Waals surface area contributed by atoms with Gasteiger partial charge in [-0.05, 0) is 12.8 Å². The molecule has 0 aliphatic heterocycles. The van der Waals surface area contributed by atoms with Crippen LogP contribution < -0.4 is 17.0 Å². The Morgan fingerprint density at radius 1 is 1.30 bits per heavy atom. The van der Waals surface area contributed by atoms with Gasteiger partial charge in [0.2, 0.25) is 0 Å². The van der Waals surface area contributed by atoms with Gasteiger partial charge in [-0.25, -0.2) is 9.78 Å². The first kappa shape index (κ1) is 14.5. The molecule has 20 heavy (non-hydrogen) atoms. The molecular formula is C13H21N5O2. The van der Waals surface area contributed by atoms with Crippen LogP contribution in [0.2, 0.25) is 0 Å². The molecule has 0 amide bonds. The Hall–Kier alpha value is -1.89. The monoisotopic (exact) mass is 279 g/mol. The molecule has 0 aliphatic carbocycles. The van der Waals surface area contributed by atoms with Crippen molar-refractivity contribution in [3.63, 3.8) is 0 Å². The molecule has 0 fully saturated rings. The lowest BCUT2D eigenvalue weighted by atomic mass is 10.2. The molecule has 0 spiro atoms. The van der Waals surface area contributed by atoms with Crippen LogP contribution in [0.25, 0.3) is 11.2 Å². The molecule has 1 atom stereocenters. The van der Waals surface area contributed by atoms with E-state index in [0.29, 0.717) is 24.3 Å². The van der Waals surface area contributed by atoms with E-state index in [4.69, 9.17) is 5.73 Å². The topological polar surface area (TPSA) is 87.8 Å². The summed E-state index contributed by atoms with van der Waals surface area (Å²) in [6.45, 7) is 6.87. The number of aromatic nitrogens is 4. The van der Waals surface area contributed by atoms with Gasteiger partial charge in [-0.15, -0.1) is 0 Å². The van der Waals surface area contributed by atoms with Gasteiger partial charge in [-0.3, -0.25) is 13.9 Å². The smallest absolute Gasteiger partial charge is 0.328 e. The minimum absolute atomic E-state index is 0.0438. The second kappa shape index (κ2) is 5.24. The van der Waals surface area contributed by atoms with Gasteiger partial charge in [0.25, 0.3) is 5.56 Å². The third-order valence-electron chi connectivity index (χ3n) is 3.42. The first-order chi connectivity index (χ1) is 9.38. The molecule has 0 radical (unpaired) electrons. The summed E-state index contributed by atoms with van der Waals surface area (Å²) in [6, 6.07) is -0.0438. The number of nitrogens with two attached hydrogens (primary N) is 1. The van der Waals surface area contributed by atoms with Gasteiger partial charge in [0.15, 0.2) is 11.2 Å². The predicted octanol–water partition coefficient (Wildman–Crippen LogP) is 0.0724. The van der Waals surface area contributed by atoms with Crippen LogP contribution in [-0.4, -0.2) is 25.2 Å². The maximum atomic E-state index is 12.3. The molecule has 110 valence electrons. The zero-order valence-electron chi connectivity index (χ0n) is 12.3. The number of rotatable bonds is 4. The van der Waals surface area contributed by atoms with Crippen molar-refractivity contribution in [1.29, 1.82) is 0 Å². The van der Waals surface area contributed by atoms with E-state index in [1.807, 2.05) is 20.8 Å². The summed E-state index contributed by atoms with van der Waals surface area (Å²) in [6.07, 6.45) is 1.58. The zero-order chi connectivity index (χ0) is 15.0. The van der Waals surface area contributed by atoms with Crippen LogP contribution in [0.1, 0.15) is 26.8 Å². The van der Waals surface area contributed by atoms with Crippen molar-refractivity contribution in [2.75, 3.05) is 6.54 Å². The highest BCUT2D eigenvalue weighted by Gasteiger charge is 2.18. The number of nitrogens with zero attached hydrogens (tertiary/aromatic N) is 4. The fourth-order valence-corrected chi connectivity index (χ4v) is 2.25. The summed E-state index contributed by atoms with van der Waals surface area (Å²) in [4.78, 5) is 28.8. The standard InChI is InChI=1S/C13H21N5O2/c1-8(2)6-17-11-10(12(19)16(4)13(17)20)18(7-15-11)9(3)5-14/h7-9H,5-6,14H2,1-4H3. The van der Waals surface area contributed by atoms with E-state index in [9.17, 15) is 9.59 Å². The second-order valence-corrected chi connectivity index (χ2v) is 5.56. The molecule has 0 aliphatic rings. The first-order valence-electron chi connectivity index (χ1n) is 6.74. The van der Waals surface area contributed by atoms with E-state index in [2.05, 4.69) is 4.98 Å². The molecule has 0 saturated heterocycles. The maximum absolute atomic E-state index is 12.3. The van der Waals surface area contributed by atoms with E-state index < -0.39 is 0 Å². The van der Waals surface area contributed by atoms with Gasteiger partial charge in [-0.2, -0.15) is 0 Å². The molecule has 2 heterocycles. The molecular weight excluding hydrogens is 258 g/mol. The second-order valence-electron chi connectivity index (χ2n) is 5.56. The maximum Gasteiger partial charge on any atom is 0.332 e. The van der Waals surface area contributed by atoms with Crippen molar-refractivity contribution >= 4 is 11.2 Å². The van der Waals surface area contributed by atoms with Crippen LogP contribution in [0.15, 0.2) is 15.9 Å². The quantitative estimate of drug-likeness (QED) is 0.858. The third-order valence-corrected chi connectivity index (χ3v) is 3.42. The Labute approximate surface area is 116 Å². The Morgan fingerprint density at radius 3 is 2.50 bits per heavy atom. The van der Waals surface area contributed by atoms with Crippen LogP contribution in [0.4, 0.5) is 0 Å². The molecule has 2 aromatic rings. The summed E-state index contributed by atoms with van der Waals surface area (Å²) in [5.41, 5.74) is 5.88. The van der Waals surface area contributed by atoms with Crippen LogP contribution in [0.3, 0.4) is 0 Å². The van der Waals surface area contributed by atoms with Crippen molar-refractivity contribution in [2.24, 2.45) is 18.7 Å². The van der Waals surface area contributed by atoms with E-state index in [1.54, 1.807) is 15.5 Å². The van der Waals surface area contributed by atoms with Crippen molar-refractivity contribution < 1.29 is 0 Å². The lowest BCUT2D eigenvalue weighted by Crippen LogP contribution is -2.39. The molecule has 0 saturated carbocycles. The Morgan fingerprint density at radius 2 is 1.95 bits per heavy atom. The first-order valence-corrected chi connectivity index (χ1v) is 6.74. The van der Waals surface area contributed by atoms with Crippen molar-refractivity contribution in [2.45, 2.75) is 33.4 Å². The average molecular weight is 279 g/mol. The SMILES string of the molecule is CC(C)Cn1c(=O)n(C)c(=O)c2c1ncn2C(C)CN. The number of hydrogen-bond acceptors (Lipinski definition) is 4. The van der Waals surface area contributed by atoms with Gasteiger partial charge in [0, 0.05) is 26.2 Å². The van der Waals surface area contributed by atoms with Crippen molar-refractivity contribution in [3.05, 3.63) is 27.2 Å². The van der Waals surface area contributed by atoms with E-state index >= 15 is 0 Å².